The Morgan fingerprint density at radius 3 is 2.52 bits per heavy atom. The van der Waals surface area contributed by atoms with E-state index in [2.05, 4.69) is 5.32 Å². The predicted molar refractivity (Wildman–Crippen MR) is 81.3 cm³/mol. The van der Waals surface area contributed by atoms with E-state index in [1.54, 1.807) is 20.0 Å². The molecule has 5 heteroatoms. The molecule has 1 unspecified atom stereocenters. The van der Waals surface area contributed by atoms with Crippen LogP contribution in [-0.2, 0) is 11.3 Å². The summed E-state index contributed by atoms with van der Waals surface area (Å²) in [4.78, 5) is 23.6. The number of nitrogens with zero attached hydrogens (tertiary/aromatic N) is 1. The second-order valence-electron chi connectivity index (χ2n) is 5.38. The van der Waals surface area contributed by atoms with E-state index in [1.807, 2.05) is 35.8 Å². The van der Waals surface area contributed by atoms with Gasteiger partial charge in [-0.2, -0.15) is 0 Å². The first-order valence-electron chi connectivity index (χ1n) is 7.07. The van der Waals surface area contributed by atoms with Gasteiger partial charge in [0.2, 0.25) is 0 Å². The maximum absolute atomic E-state index is 12.4. The monoisotopic (exact) mass is 288 g/mol. The molecule has 1 aromatic heterocycles. The van der Waals surface area contributed by atoms with Gasteiger partial charge >= 0.3 is 5.97 Å². The number of amides is 1. The molecular formula is C16H20N2O3. The molecule has 1 atom stereocenters. The molecule has 1 heterocycles. The summed E-state index contributed by atoms with van der Waals surface area (Å²) in [6.45, 7) is 6.30. The molecule has 0 aliphatic heterocycles. The SMILES string of the molecule is CCn1cc(C(=O)NC(C(=O)O)C(C)C)c2ccccc21. The number of carboxylic acids is 1. The quantitative estimate of drug-likeness (QED) is 0.888. The van der Waals surface area contributed by atoms with E-state index in [0.717, 1.165) is 17.4 Å². The fourth-order valence-corrected chi connectivity index (χ4v) is 2.42. The van der Waals surface area contributed by atoms with Gasteiger partial charge in [0.25, 0.3) is 5.91 Å². The van der Waals surface area contributed by atoms with Crippen LogP contribution in [0.5, 0.6) is 0 Å². The van der Waals surface area contributed by atoms with Crippen LogP contribution in [0.4, 0.5) is 0 Å². The van der Waals surface area contributed by atoms with E-state index in [0.29, 0.717) is 5.56 Å². The van der Waals surface area contributed by atoms with Gasteiger partial charge in [0.1, 0.15) is 6.04 Å². The third kappa shape index (κ3) is 2.91. The van der Waals surface area contributed by atoms with Crippen molar-refractivity contribution >= 4 is 22.8 Å². The largest absolute Gasteiger partial charge is 0.480 e. The van der Waals surface area contributed by atoms with Crippen LogP contribution in [0.25, 0.3) is 10.9 Å². The lowest BCUT2D eigenvalue weighted by Crippen LogP contribution is -2.44. The highest BCUT2D eigenvalue weighted by Crippen LogP contribution is 2.21. The molecule has 0 saturated carbocycles. The fraction of sp³-hybridized carbons (Fsp3) is 0.375. The van der Waals surface area contributed by atoms with Gasteiger partial charge < -0.3 is 15.0 Å². The Hall–Kier alpha value is -2.30. The number of hydrogen-bond donors (Lipinski definition) is 2. The lowest BCUT2D eigenvalue weighted by molar-refractivity contribution is -0.140. The maximum atomic E-state index is 12.4. The average molecular weight is 288 g/mol. The minimum atomic E-state index is -1.02. The summed E-state index contributed by atoms with van der Waals surface area (Å²) in [7, 11) is 0. The topological polar surface area (TPSA) is 71.3 Å². The molecule has 0 aliphatic rings. The molecule has 0 aliphatic carbocycles. The van der Waals surface area contributed by atoms with Crippen molar-refractivity contribution in [1.29, 1.82) is 0 Å². The van der Waals surface area contributed by atoms with Crippen LogP contribution < -0.4 is 5.32 Å². The summed E-state index contributed by atoms with van der Waals surface area (Å²) in [5.41, 5.74) is 1.49. The van der Waals surface area contributed by atoms with Crippen LogP contribution in [0.1, 0.15) is 31.1 Å². The zero-order chi connectivity index (χ0) is 15.6. The number of aryl methyl sites for hydroxylation is 1. The van der Waals surface area contributed by atoms with Crippen molar-refractivity contribution < 1.29 is 14.7 Å². The van der Waals surface area contributed by atoms with Crippen LogP contribution in [0.3, 0.4) is 0 Å². The smallest absolute Gasteiger partial charge is 0.326 e. The third-order valence-electron chi connectivity index (χ3n) is 3.59. The maximum Gasteiger partial charge on any atom is 0.326 e. The van der Waals surface area contributed by atoms with E-state index in [-0.39, 0.29) is 11.8 Å². The van der Waals surface area contributed by atoms with Gasteiger partial charge in [-0.15, -0.1) is 0 Å². The zero-order valence-electron chi connectivity index (χ0n) is 12.5. The molecule has 2 aromatic rings. The highest BCUT2D eigenvalue weighted by atomic mass is 16.4. The van der Waals surface area contributed by atoms with E-state index in [1.165, 1.54) is 0 Å². The number of hydrogen-bond acceptors (Lipinski definition) is 2. The lowest BCUT2D eigenvalue weighted by Gasteiger charge is -2.17. The highest BCUT2D eigenvalue weighted by Gasteiger charge is 2.25. The standard InChI is InChI=1S/C16H20N2O3/c1-4-18-9-12(11-7-5-6-8-13(11)18)15(19)17-14(10(2)3)16(20)21/h5-10,14H,4H2,1-3H3,(H,17,19)(H,20,21). The van der Waals surface area contributed by atoms with E-state index >= 15 is 0 Å². The average Bonchev–Trinajstić information content (AvgIpc) is 2.82. The van der Waals surface area contributed by atoms with Gasteiger partial charge in [0.05, 0.1) is 5.56 Å². The van der Waals surface area contributed by atoms with Crippen molar-refractivity contribution in [2.75, 3.05) is 0 Å². The molecule has 1 aromatic carbocycles. The van der Waals surface area contributed by atoms with Crippen molar-refractivity contribution in [3.8, 4) is 0 Å². The van der Waals surface area contributed by atoms with Crippen molar-refractivity contribution in [3.63, 3.8) is 0 Å². The fourth-order valence-electron chi connectivity index (χ4n) is 2.42. The normalized spacial score (nSPS) is 12.6. The van der Waals surface area contributed by atoms with E-state index in [9.17, 15) is 14.7 Å². The number of fused-ring (bicyclic) bond motifs is 1. The van der Waals surface area contributed by atoms with Gasteiger partial charge in [-0.3, -0.25) is 4.79 Å². The Morgan fingerprint density at radius 2 is 1.95 bits per heavy atom. The number of carbonyl (C=O) groups excluding carboxylic acids is 1. The minimum Gasteiger partial charge on any atom is -0.480 e. The summed E-state index contributed by atoms with van der Waals surface area (Å²) in [5, 5.41) is 12.6. The molecule has 0 radical (unpaired) electrons. The van der Waals surface area contributed by atoms with Crippen LogP contribution >= 0.6 is 0 Å². The Morgan fingerprint density at radius 1 is 1.29 bits per heavy atom. The summed E-state index contributed by atoms with van der Waals surface area (Å²) in [6.07, 6.45) is 1.78. The lowest BCUT2D eigenvalue weighted by atomic mass is 10.0. The number of aliphatic carboxylic acids is 1. The molecule has 2 N–H and O–H groups in total. The van der Waals surface area contributed by atoms with Crippen molar-refractivity contribution in [2.24, 2.45) is 5.92 Å². The highest BCUT2D eigenvalue weighted by molar-refractivity contribution is 6.07. The third-order valence-corrected chi connectivity index (χ3v) is 3.59. The number of nitrogens with one attached hydrogen (secondary N) is 1. The molecule has 21 heavy (non-hydrogen) atoms. The Labute approximate surface area is 123 Å². The number of carboxylic acid groups (broad SMARTS) is 1. The Kier molecular flexibility index (Phi) is 4.31. The first kappa shape index (κ1) is 15.1. The van der Waals surface area contributed by atoms with Crippen molar-refractivity contribution in [1.82, 2.24) is 9.88 Å². The molecule has 0 fully saturated rings. The van der Waals surface area contributed by atoms with Gasteiger partial charge in [0, 0.05) is 23.6 Å². The van der Waals surface area contributed by atoms with E-state index < -0.39 is 12.0 Å². The van der Waals surface area contributed by atoms with Crippen LogP contribution in [-0.4, -0.2) is 27.6 Å². The number of benzene rings is 1. The van der Waals surface area contributed by atoms with Crippen molar-refractivity contribution in [2.45, 2.75) is 33.4 Å². The zero-order valence-corrected chi connectivity index (χ0v) is 12.5. The Balaban J connectivity index is 2.38. The summed E-state index contributed by atoms with van der Waals surface area (Å²) < 4.78 is 1.98. The molecule has 0 saturated heterocycles. The molecule has 2 rings (SSSR count). The first-order chi connectivity index (χ1) is 9.95. The molecule has 1 amide bonds. The summed E-state index contributed by atoms with van der Waals surface area (Å²) in [5.74, 6) is -1.54. The molecule has 0 bridgehead atoms. The predicted octanol–water partition coefficient (Wildman–Crippen LogP) is 2.50. The second kappa shape index (κ2) is 5.99. The van der Waals surface area contributed by atoms with E-state index in [4.69, 9.17) is 0 Å². The van der Waals surface area contributed by atoms with Crippen LogP contribution in [0.2, 0.25) is 0 Å². The van der Waals surface area contributed by atoms with Gasteiger partial charge in [-0.1, -0.05) is 32.0 Å². The van der Waals surface area contributed by atoms with Gasteiger partial charge in [-0.05, 0) is 18.9 Å². The molecule has 112 valence electrons. The van der Waals surface area contributed by atoms with Gasteiger partial charge in [0.15, 0.2) is 0 Å². The molecule has 0 spiro atoms. The minimum absolute atomic E-state index is 0.175. The first-order valence-corrected chi connectivity index (χ1v) is 7.07. The van der Waals surface area contributed by atoms with Crippen LogP contribution in [0, 0.1) is 5.92 Å². The number of carbonyl (C=O) groups is 2. The number of aromatic nitrogens is 1. The molecular weight excluding hydrogens is 268 g/mol. The molecule has 5 nitrogen and oxygen atoms in total. The number of para-hydroxylation sites is 1. The van der Waals surface area contributed by atoms with Gasteiger partial charge in [-0.25, -0.2) is 4.79 Å². The Bertz CT molecular complexity index is 673. The van der Waals surface area contributed by atoms with Crippen molar-refractivity contribution in [3.05, 3.63) is 36.0 Å². The summed E-state index contributed by atoms with van der Waals surface area (Å²) >= 11 is 0. The summed E-state index contributed by atoms with van der Waals surface area (Å²) in [6, 6.07) is 6.73. The number of rotatable bonds is 5. The van der Waals surface area contributed by atoms with Crippen LogP contribution in [0.15, 0.2) is 30.5 Å². The second-order valence-corrected chi connectivity index (χ2v) is 5.38.